The largest absolute Gasteiger partial charge is 0.496 e. The molecule has 3 aliphatic carbocycles. The number of hydrogen-bond acceptors (Lipinski definition) is 8. The molecule has 2 aromatic heterocycles. The van der Waals surface area contributed by atoms with Gasteiger partial charge in [-0.05, 0) is 62.3 Å². The van der Waals surface area contributed by atoms with Gasteiger partial charge in [-0.25, -0.2) is 18.9 Å². The van der Waals surface area contributed by atoms with Gasteiger partial charge in [0.05, 0.1) is 25.9 Å². The van der Waals surface area contributed by atoms with Crippen LogP contribution < -0.4 is 15.8 Å². The maximum absolute atomic E-state index is 13.8. The molecule has 0 radical (unpaired) electrons. The van der Waals surface area contributed by atoms with Crippen molar-refractivity contribution in [3.8, 4) is 17.0 Å². The van der Waals surface area contributed by atoms with E-state index >= 15 is 0 Å². The minimum Gasteiger partial charge on any atom is -0.496 e. The number of nitrogens with one attached hydrogen (secondary N) is 1. The molecule has 1 aliphatic heterocycles. The molecule has 2 amide bonds. The maximum atomic E-state index is 13.8. The van der Waals surface area contributed by atoms with E-state index in [4.69, 9.17) is 20.2 Å². The Kier molecular flexibility index (Phi) is 7.39. The number of halogens is 1. The van der Waals surface area contributed by atoms with E-state index < -0.39 is 11.7 Å². The summed E-state index contributed by atoms with van der Waals surface area (Å²) in [6.45, 7) is 2.80. The number of carbonyl (C=O) groups excluding carboxylic acids is 2. The monoisotopic (exact) mass is 613 g/mol. The number of nitrogens with two attached hydrogens (primary N) is 1. The van der Waals surface area contributed by atoms with E-state index in [0.29, 0.717) is 49.1 Å². The summed E-state index contributed by atoms with van der Waals surface area (Å²) in [5.74, 6) is 0.858. The van der Waals surface area contributed by atoms with Crippen molar-refractivity contribution in [2.75, 3.05) is 39.1 Å². The zero-order valence-corrected chi connectivity index (χ0v) is 25.2. The van der Waals surface area contributed by atoms with Crippen LogP contribution in [-0.2, 0) is 21.5 Å². The number of carbonyl (C=O) groups is 2. The van der Waals surface area contributed by atoms with Crippen LogP contribution in [0.2, 0.25) is 0 Å². The van der Waals surface area contributed by atoms with Gasteiger partial charge in [-0.1, -0.05) is 24.3 Å². The number of ether oxygens (including phenoxy) is 2. The summed E-state index contributed by atoms with van der Waals surface area (Å²) in [4.78, 5) is 37.8. The van der Waals surface area contributed by atoms with Crippen molar-refractivity contribution in [2.45, 2.75) is 50.5 Å². The van der Waals surface area contributed by atoms with Crippen molar-refractivity contribution in [1.82, 2.24) is 29.8 Å². The van der Waals surface area contributed by atoms with Crippen LogP contribution in [0.1, 0.15) is 60.3 Å². The molecule has 3 heterocycles. The molecule has 234 valence electrons. The third-order valence-electron chi connectivity index (χ3n) is 10.0. The van der Waals surface area contributed by atoms with Gasteiger partial charge in [0, 0.05) is 36.0 Å². The average molecular weight is 614 g/mol. The molecule has 12 heteroatoms. The van der Waals surface area contributed by atoms with E-state index in [1.165, 1.54) is 25.6 Å². The first kappa shape index (κ1) is 29.1. The zero-order chi connectivity index (χ0) is 31.2. The number of hydrogen-bond donors (Lipinski definition) is 2. The predicted molar refractivity (Wildman–Crippen MR) is 164 cm³/mol. The van der Waals surface area contributed by atoms with Crippen LogP contribution in [0, 0.1) is 11.2 Å². The van der Waals surface area contributed by atoms with Gasteiger partial charge in [0.2, 0.25) is 5.91 Å². The van der Waals surface area contributed by atoms with Crippen molar-refractivity contribution in [3.05, 3.63) is 71.6 Å². The van der Waals surface area contributed by atoms with Crippen molar-refractivity contribution < 1.29 is 23.5 Å². The fourth-order valence-electron chi connectivity index (χ4n) is 7.36. The van der Waals surface area contributed by atoms with Crippen molar-refractivity contribution in [2.24, 2.45) is 5.41 Å². The second-order valence-corrected chi connectivity index (χ2v) is 12.4. The Hall–Kier alpha value is -4.58. The normalized spacial score (nSPS) is 22.8. The van der Waals surface area contributed by atoms with E-state index in [1.807, 2.05) is 33.7 Å². The molecule has 45 heavy (non-hydrogen) atoms. The lowest BCUT2D eigenvalue weighted by atomic mass is 9.53. The van der Waals surface area contributed by atoms with Crippen LogP contribution in [0.15, 0.2) is 48.8 Å². The van der Waals surface area contributed by atoms with Crippen LogP contribution in [0.5, 0.6) is 5.75 Å². The molecule has 2 bridgehead atoms. The lowest BCUT2D eigenvalue weighted by molar-refractivity contribution is -0.153. The summed E-state index contributed by atoms with van der Waals surface area (Å²) >= 11 is 0. The average Bonchev–Trinajstić information content (AvgIpc) is 3.50. The number of imidazole rings is 1. The van der Waals surface area contributed by atoms with Crippen LogP contribution in [-0.4, -0.2) is 69.7 Å². The number of amides is 2. The Morgan fingerprint density at radius 2 is 1.76 bits per heavy atom. The number of methoxy groups -OCH3 is 1. The first-order chi connectivity index (χ1) is 21.8. The summed E-state index contributed by atoms with van der Waals surface area (Å²) in [6, 6.07) is 11.5. The summed E-state index contributed by atoms with van der Waals surface area (Å²) < 4.78 is 26.3. The van der Waals surface area contributed by atoms with Crippen molar-refractivity contribution >= 4 is 23.1 Å². The Morgan fingerprint density at radius 1 is 1.04 bits per heavy atom. The summed E-state index contributed by atoms with van der Waals surface area (Å²) in [6.07, 6.45) is 6.54. The van der Waals surface area contributed by atoms with Crippen molar-refractivity contribution in [3.63, 3.8) is 0 Å². The third kappa shape index (κ3) is 5.06. The molecule has 8 rings (SSSR count). The van der Waals surface area contributed by atoms with Crippen molar-refractivity contribution in [1.29, 1.82) is 0 Å². The Bertz CT molecular complexity index is 1740. The fourth-order valence-corrected chi connectivity index (χ4v) is 7.36. The first-order valence-electron chi connectivity index (χ1n) is 15.4. The van der Waals surface area contributed by atoms with Crippen LogP contribution in [0.25, 0.3) is 16.8 Å². The minimum absolute atomic E-state index is 0.133. The number of aromatic nitrogens is 4. The molecular formula is C33H36FN7O4. The Balaban J connectivity index is 1.12. The predicted octanol–water partition coefficient (Wildman–Crippen LogP) is 3.90. The molecule has 1 saturated heterocycles. The first-order valence-corrected chi connectivity index (χ1v) is 15.4. The highest BCUT2D eigenvalue weighted by Crippen LogP contribution is 2.58. The SMILES string of the molecule is COc1ccc(F)cc1C(=O)NCc1ccc(-c2nc(C34CCC(C(=O)N5CCOCC5)(CC3)CC4)n3ncnc(N)c23)cc1. The van der Waals surface area contributed by atoms with Gasteiger partial charge in [0.25, 0.3) is 5.91 Å². The Morgan fingerprint density at radius 3 is 2.44 bits per heavy atom. The zero-order valence-electron chi connectivity index (χ0n) is 25.2. The lowest BCUT2D eigenvalue weighted by Gasteiger charge is -2.53. The fraction of sp³-hybridized carbons (Fsp3) is 0.424. The smallest absolute Gasteiger partial charge is 0.255 e. The van der Waals surface area contributed by atoms with Crippen LogP contribution >= 0.6 is 0 Å². The molecule has 3 saturated carbocycles. The summed E-state index contributed by atoms with van der Waals surface area (Å²) in [7, 11) is 1.44. The standard InChI is InChI=1S/C33H36FN7O4/c1-44-25-7-6-23(34)18-24(25)29(42)36-19-21-2-4-22(5-3-21)26-27-28(35)37-20-38-41(27)30(39-26)32-8-11-33(12-9-32,13-10-32)31(43)40-14-16-45-17-15-40/h2-7,18,20H,8-17,19H2,1H3,(H,36,42)(H2,35,37,38). The number of fused-ring (bicyclic) bond motifs is 4. The molecule has 0 atom stereocenters. The molecule has 2 aromatic carbocycles. The van der Waals surface area contributed by atoms with E-state index in [-0.39, 0.29) is 28.8 Å². The number of benzene rings is 2. The number of anilines is 1. The minimum atomic E-state index is -0.512. The highest BCUT2D eigenvalue weighted by atomic mass is 19.1. The van der Waals surface area contributed by atoms with E-state index in [9.17, 15) is 14.0 Å². The molecule has 4 aliphatic rings. The molecule has 11 nitrogen and oxygen atoms in total. The molecule has 4 fully saturated rings. The molecule has 3 N–H and O–H groups in total. The van der Waals surface area contributed by atoms with E-state index in [1.54, 1.807) is 0 Å². The molecule has 4 aromatic rings. The van der Waals surface area contributed by atoms with Gasteiger partial charge in [-0.3, -0.25) is 9.59 Å². The second-order valence-electron chi connectivity index (χ2n) is 12.4. The van der Waals surface area contributed by atoms with Gasteiger partial charge in [0.1, 0.15) is 34.9 Å². The second kappa shape index (κ2) is 11.4. The highest BCUT2D eigenvalue weighted by molar-refractivity contribution is 5.97. The topological polar surface area (TPSA) is 137 Å². The highest BCUT2D eigenvalue weighted by Gasteiger charge is 2.55. The quantitative estimate of drug-likeness (QED) is 0.320. The van der Waals surface area contributed by atoms with Crippen LogP contribution in [0.4, 0.5) is 10.2 Å². The molecule has 0 unspecified atom stereocenters. The van der Waals surface area contributed by atoms with Gasteiger partial charge >= 0.3 is 0 Å². The van der Waals surface area contributed by atoms with Gasteiger partial charge in [-0.2, -0.15) is 5.10 Å². The number of nitrogen functional groups attached to an aromatic ring is 1. The van der Waals surface area contributed by atoms with Gasteiger partial charge < -0.3 is 25.4 Å². The van der Waals surface area contributed by atoms with Crippen LogP contribution in [0.3, 0.4) is 0 Å². The molecule has 0 spiro atoms. The lowest BCUT2D eigenvalue weighted by Crippen LogP contribution is -2.55. The number of rotatable bonds is 7. The molecular weight excluding hydrogens is 577 g/mol. The van der Waals surface area contributed by atoms with Gasteiger partial charge in [0.15, 0.2) is 5.82 Å². The summed E-state index contributed by atoms with van der Waals surface area (Å²) in [5.41, 5.74) is 9.12. The summed E-state index contributed by atoms with van der Waals surface area (Å²) in [5, 5.41) is 7.44. The van der Waals surface area contributed by atoms with Gasteiger partial charge in [-0.15, -0.1) is 0 Å². The Labute approximate surface area is 259 Å². The number of morpholine rings is 1. The maximum Gasteiger partial charge on any atom is 0.255 e. The van der Waals surface area contributed by atoms with E-state index in [2.05, 4.69) is 15.4 Å². The third-order valence-corrected chi connectivity index (χ3v) is 10.0. The van der Waals surface area contributed by atoms with E-state index in [0.717, 1.165) is 61.5 Å². The number of nitrogens with zero attached hydrogens (tertiary/aromatic N) is 5.